The number of hydrogen-bond acceptors (Lipinski definition) is 3. The Kier molecular flexibility index (Phi) is 4.52. The van der Waals surface area contributed by atoms with Crippen LogP contribution < -0.4 is 5.32 Å². The molecule has 4 nitrogen and oxygen atoms in total. The molecule has 5 heteroatoms. The average molecular weight is 342 g/mol. The fourth-order valence-corrected chi connectivity index (χ4v) is 2.59. The maximum atomic E-state index is 11.9. The predicted octanol–water partition coefficient (Wildman–Crippen LogP) is 2.08. The topological polar surface area (TPSA) is 69.6 Å². The monoisotopic (exact) mass is 341 g/mol. The maximum Gasteiger partial charge on any atom is 0.252 e. The standard InChI is InChI=1S/C15H20BrNO3/c1-2-14(19,11-4-6-12(16)7-5-11)10-17-13(18)15(20)8-3-9-15/h4-7,19-20H,2-3,8-10H2,1H3,(H,17,18). The number of carbonyl (C=O) groups excluding carboxylic acids is 1. The fraction of sp³-hybridized carbons (Fsp3) is 0.533. The molecule has 20 heavy (non-hydrogen) atoms. The van der Waals surface area contributed by atoms with Crippen LogP contribution in [0.4, 0.5) is 0 Å². The molecule has 0 bridgehead atoms. The van der Waals surface area contributed by atoms with Crippen molar-refractivity contribution in [2.75, 3.05) is 6.54 Å². The number of nitrogens with one attached hydrogen (secondary N) is 1. The molecule has 1 fully saturated rings. The van der Waals surface area contributed by atoms with Crippen LogP contribution >= 0.6 is 15.9 Å². The van der Waals surface area contributed by atoms with Crippen molar-refractivity contribution >= 4 is 21.8 Å². The van der Waals surface area contributed by atoms with Crippen LogP contribution in [0, 0.1) is 0 Å². The molecule has 0 saturated heterocycles. The molecule has 0 heterocycles. The zero-order valence-corrected chi connectivity index (χ0v) is 13.1. The van der Waals surface area contributed by atoms with Crippen LogP contribution in [0.25, 0.3) is 0 Å². The van der Waals surface area contributed by atoms with Gasteiger partial charge in [0, 0.05) is 4.47 Å². The van der Waals surface area contributed by atoms with Crippen molar-refractivity contribution in [3.63, 3.8) is 0 Å². The Morgan fingerprint density at radius 3 is 2.45 bits per heavy atom. The van der Waals surface area contributed by atoms with Crippen LogP contribution in [0.2, 0.25) is 0 Å². The molecule has 3 N–H and O–H groups in total. The van der Waals surface area contributed by atoms with Crippen LogP contribution in [0.1, 0.15) is 38.2 Å². The minimum atomic E-state index is -1.23. The summed E-state index contributed by atoms with van der Waals surface area (Å²) in [5.74, 6) is -0.382. The zero-order chi connectivity index (χ0) is 14.8. The molecule has 0 spiro atoms. The number of hydrogen-bond donors (Lipinski definition) is 3. The first-order valence-electron chi connectivity index (χ1n) is 6.89. The quantitative estimate of drug-likeness (QED) is 0.767. The molecule has 2 rings (SSSR count). The van der Waals surface area contributed by atoms with Crippen LogP contribution in [-0.4, -0.2) is 28.3 Å². The lowest BCUT2D eigenvalue weighted by Gasteiger charge is -2.36. The third-order valence-corrected chi connectivity index (χ3v) is 4.64. The van der Waals surface area contributed by atoms with Gasteiger partial charge in [-0.1, -0.05) is 35.0 Å². The highest BCUT2D eigenvalue weighted by atomic mass is 79.9. The summed E-state index contributed by atoms with van der Waals surface area (Å²) in [7, 11) is 0. The minimum absolute atomic E-state index is 0.103. The van der Waals surface area contributed by atoms with E-state index in [-0.39, 0.29) is 12.5 Å². The van der Waals surface area contributed by atoms with Crippen molar-refractivity contribution in [3.8, 4) is 0 Å². The lowest BCUT2D eigenvalue weighted by molar-refractivity contribution is -0.149. The Labute approximate surface area is 127 Å². The van der Waals surface area contributed by atoms with Gasteiger partial charge in [0.2, 0.25) is 0 Å². The van der Waals surface area contributed by atoms with E-state index in [2.05, 4.69) is 21.2 Å². The van der Waals surface area contributed by atoms with E-state index in [1.54, 1.807) is 0 Å². The summed E-state index contributed by atoms with van der Waals surface area (Å²) in [6.07, 6.45) is 2.35. The summed E-state index contributed by atoms with van der Waals surface area (Å²) in [6, 6.07) is 7.38. The summed E-state index contributed by atoms with van der Waals surface area (Å²) >= 11 is 3.35. The van der Waals surface area contributed by atoms with Gasteiger partial charge in [0.15, 0.2) is 0 Å². The molecule has 110 valence electrons. The molecular formula is C15H20BrNO3. The number of aliphatic hydroxyl groups is 2. The van der Waals surface area contributed by atoms with E-state index >= 15 is 0 Å². The largest absolute Gasteiger partial charge is 0.383 e. The SMILES string of the molecule is CCC(O)(CNC(=O)C1(O)CCC1)c1ccc(Br)cc1. The lowest BCUT2D eigenvalue weighted by atomic mass is 9.79. The van der Waals surface area contributed by atoms with Gasteiger partial charge in [-0.15, -0.1) is 0 Å². The van der Waals surface area contributed by atoms with Gasteiger partial charge in [-0.05, 0) is 43.4 Å². The van der Waals surface area contributed by atoms with Crippen LogP contribution in [-0.2, 0) is 10.4 Å². The van der Waals surface area contributed by atoms with Crippen molar-refractivity contribution < 1.29 is 15.0 Å². The van der Waals surface area contributed by atoms with Crippen molar-refractivity contribution in [2.24, 2.45) is 0 Å². The molecule has 1 atom stereocenters. The van der Waals surface area contributed by atoms with Gasteiger partial charge >= 0.3 is 0 Å². The summed E-state index contributed by atoms with van der Waals surface area (Å²) in [5, 5.41) is 23.3. The highest BCUT2D eigenvalue weighted by molar-refractivity contribution is 9.10. The first-order chi connectivity index (χ1) is 9.39. The van der Waals surface area contributed by atoms with Gasteiger partial charge in [0.25, 0.3) is 5.91 Å². The van der Waals surface area contributed by atoms with Crippen LogP contribution in [0.3, 0.4) is 0 Å². The summed E-state index contributed by atoms with van der Waals surface area (Å²) < 4.78 is 0.938. The normalized spacial score (nSPS) is 19.8. The van der Waals surface area contributed by atoms with Gasteiger partial charge in [-0.3, -0.25) is 4.79 Å². The number of rotatable bonds is 5. The molecule has 1 amide bonds. The highest BCUT2D eigenvalue weighted by Crippen LogP contribution is 2.32. The predicted molar refractivity (Wildman–Crippen MR) is 80.1 cm³/mol. The summed E-state index contributed by atoms with van der Waals surface area (Å²) in [5.41, 5.74) is -1.59. The van der Waals surface area contributed by atoms with E-state index in [1.165, 1.54) is 0 Å². The second kappa shape index (κ2) is 5.84. The molecule has 1 unspecified atom stereocenters. The van der Waals surface area contributed by atoms with Crippen LogP contribution in [0.15, 0.2) is 28.7 Å². The van der Waals surface area contributed by atoms with E-state index in [0.29, 0.717) is 19.3 Å². The van der Waals surface area contributed by atoms with Gasteiger partial charge in [0.05, 0.1) is 6.54 Å². The molecular weight excluding hydrogens is 322 g/mol. The molecule has 1 aromatic rings. The second-order valence-electron chi connectivity index (χ2n) is 5.46. The van der Waals surface area contributed by atoms with Crippen molar-refractivity contribution in [2.45, 2.75) is 43.8 Å². The first-order valence-corrected chi connectivity index (χ1v) is 7.68. The number of amides is 1. The summed E-state index contributed by atoms with van der Waals surface area (Å²) in [6.45, 7) is 1.97. The first kappa shape index (κ1) is 15.5. The van der Waals surface area contributed by atoms with Crippen LogP contribution in [0.5, 0.6) is 0 Å². The van der Waals surface area contributed by atoms with Gasteiger partial charge in [-0.25, -0.2) is 0 Å². The third kappa shape index (κ3) is 3.05. The maximum absolute atomic E-state index is 11.9. The molecule has 1 aliphatic rings. The zero-order valence-electron chi connectivity index (χ0n) is 11.5. The van der Waals surface area contributed by atoms with Gasteiger partial charge < -0.3 is 15.5 Å². The van der Waals surface area contributed by atoms with E-state index in [9.17, 15) is 15.0 Å². The fourth-order valence-electron chi connectivity index (χ4n) is 2.32. The lowest BCUT2D eigenvalue weighted by Crippen LogP contribution is -2.54. The Morgan fingerprint density at radius 2 is 2.00 bits per heavy atom. The molecule has 0 aromatic heterocycles. The van der Waals surface area contributed by atoms with E-state index < -0.39 is 11.2 Å². The van der Waals surface area contributed by atoms with E-state index in [4.69, 9.17) is 0 Å². The highest BCUT2D eigenvalue weighted by Gasteiger charge is 2.42. The Hall–Kier alpha value is -0.910. The van der Waals surface area contributed by atoms with Crippen molar-refractivity contribution in [1.29, 1.82) is 0 Å². The van der Waals surface area contributed by atoms with E-state index in [0.717, 1.165) is 16.5 Å². The van der Waals surface area contributed by atoms with E-state index in [1.807, 2.05) is 31.2 Å². The number of halogens is 1. The Bertz CT molecular complexity index is 484. The Morgan fingerprint density at radius 1 is 1.40 bits per heavy atom. The number of carbonyl (C=O) groups is 1. The molecule has 1 aromatic carbocycles. The molecule has 0 radical (unpaired) electrons. The van der Waals surface area contributed by atoms with Gasteiger partial charge in [0.1, 0.15) is 11.2 Å². The van der Waals surface area contributed by atoms with Crippen molar-refractivity contribution in [1.82, 2.24) is 5.32 Å². The molecule has 0 aliphatic heterocycles. The van der Waals surface area contributed by atoms with Gasteiger partial charge in [-0.2, -0.15) is 0 Å². The number of benzene rings is 1. The smallest absolute Gasteiger partial charge is 0.252 e. The van der Waals surface area contributed by atoms with Crippen molar-refractivity contribution in [3.05, 3.63) is 34.3 Å². The molecule has 1 aliphatic carbocycles. The minimum Gasteiger partial charge on any atom is -0.383 e. The second-order valence-corrected chi connectivity index (χ2v) is 6.38. The average Bonchev–Trinajstić information content (AvgIpc) is 2.42. The summed E-state index contributed by atoms with van der Waals surface area (Å²) in [4.78, 5) is 11.9. The Balaban J connectivity index is 2.04. The third-order valence-electron chi connectivity index (χ3n) is 4.11. The molecule has 1 saturated carbocycles.